The number of carboxylic acids is 1. The van der Waals surface area contributed by atoms with E-state index in [9.17, 15) is 30.0 Å². The summed E-state index contributed by atoms with van der Waals surface area (Å²) in [6.07, 6.45) is 7.71. The van der Waals surface area contributed by atoms with Gasteiger partial charge < -0.3 is 39.4 Å². The highest BCUT2D eigenvalue weighted by Gasteiger charge is 2.64. The molecule has 4 aliphatic rings. The summed E-state index contributed by atoms with van der Waals surface area (Å²) >= 11 is 0. The van der Waals surface area contributed by atoms with E-state index in [1.807, 2.05) is 26.8 Å². The highest BCUT2D eigenvalue weighted by molar-refractivity contribution is 5.93. The molecule has 0 aromatic heterocycles. The number of ketones is 1. The summed E-state index contributed by atoms with van der Waals surface area (Å²) in [5.74, 6) is -4.89. The van der Waals surface area contributed by atoms with E-state index in [2.05, 4.69) is 33.8 Å². The molecule has 5 rings (SSSR count). The van der Waals surface area contributed by atoms with Gasteiger partial charge in [0.2, 0.25) is 0 Å². The molecule has 10 heteroatoms. The number of carboxylic acid groups (broad SMARTS) is 1. The second-order valence-electron chi connectivity index (χ2n) is 17.5. The first-order chi connectivity index (χ1) is 24.8. The van der Waals surface area contributed by atoms with Gasteiger partial charge in [0, 0.05) is 30.1 Å². The van der Waals surface area contributed by atoms with Crippen LogP contribution < -0.4 is 0 Å². The molecule has 0 unspecified atom stereocenters. The first kappa shape index (κ1) is 41.8. The van der Waals surface area contributed by atoms with E-state index in [1.54, 1.807) is 32.9 Å². The Balaban J connectivity index is 1.31. The van der Waals surface area contributed by atoms with Crippen molar-refractivity contribution in [3.63, 3.8) is 0 Å². The van der Waals surface area contributed by atoms with Gasteiger partial charge >= 0.3 is 5.97 Å². The van der Waals surface area contributed by atoms with Gasteiger partial charge in [-0.15, -0.1) is 0 Å². The Morgan fingerprint density at radius 1 is 1.02 bits per heavy atom. The van der Waals surface area contributed by atoms with Crippen LogP contribution in [0.4, 0.5) is 0 Å². The fourth-order valence-corrected chi connectivity index (χ4v) is 9.88. The van der Waals surface area contributed by atoms with Gasteiger partial charge in [0.1, 0.15) is 17.1 Å². The minimum atomic E-state index is -1.19. The number of aryl methyl sites for hydroxylation is 2. The first-order valence-electron chi connectivity index (χ1n) is 20.2. The average molecular weight is 743 g/mol. The molecule has 3 saturated heterocycles. The highest BCUT2D eigenvalue weighted by Crippen LogP contribution is 2.57. The largest absolute Gasteiger partial charge is 0.507 e. The summed E-state index contributed by atoms with van der Waals surface area (Å²) in [7, 11) is 0. The molecule has 14 atom stereocenters. The third-order valence-electron chi connectivity index (χ3n) is 13.8. The monoisotopic (exact) mass is 742 g/mol. The molecule has 0 radical (unpaired) electrons. The Morgan fingerprint density at radius 2 is 1.72 bits per heavy atom. The summed E-state index contributed by atoms with van der Waals surface area (Å²) in [5, 5.41) is 42.1. The molecule has 3 fully saturated rings. The van der Waals surface area contributed by atoms with Crippen LogP contribution in [0, 0.1) is 42.4 Å². The smallest absolute Gasteiger partial charge is 0.339 e. The second kappa shape index (κ2) is 15.7. The maximum absolute atomic E-state index is 14.3. The summed E-state index contributed by atoms with van der Waals surface area (Å²) in [5.41, 5.74) is -0.311. The fraction of sp³-hybridized carbons (Fsp3) is 0.767. The molecular weight excluding hydrogens is 676 g/mol. The summed E-state index contributed by atoms with van der Waals surface area (Å²) in [4.78, 5) is 26.2. The number of phenols is 1. The third-order valence-corrected chi connectivity index (χ3v) is 13.8. The Morgan fingerprint density at radius 3 is 2.32 bits per heavy atom. The molecule has 1 aromatic rings. The number of carbonyl (C=O) groups excluding carboxylic acids is 1. The predicted octanol–water partition coefficient (Wildman–Crippen LogP) is 7.51. The molecule has 0 saturated carbocycles. The molecule has 0 aliphatic carbocycles. The number of benzene rings is 1. The number of hydrogen-bond acceptors (Lipinski definition) is 9. The third kappa shape index (κ3) is 7.62. The van der Waals surface area contributed by atoms with Crippen LogP contribution in [0.15, 0.2) is 24.3 Å². The molecule has 0 amide bonds. The number of rotatable bonds is 13. The normalized spacial score (nSPS) is 38.5. The van der Waals surface area contributed by atoms with Crippen LogP contribution in [0.25, 0.3) is 0 Å². The van der Waals surface area contributed by atoms with Gasteiger partial charge in [-0.05, 0) is 101 Å². The zero-order chi connectivity index (χ0) is 39.3. The van der Waals surface area contributed by atoms with Crippen molar-refractivity contribution in [2.24, 2.45) is 35.5 Å². The maximum atomic E-state index is 14.3. The number of aliphatic hydroxyl groups is 2. The number of Topliss-reactive ketones (excluding diaryl/α,β-unsaturated/α-hetero) is 1. The van der Waals surface area contributed by atoms with Crippen LogP contribution in [0.5, 0.6) is 5.75 Å². The zero-order valence-corrected chi connectivity index (χ0v) is 33.7. The number of aromatic carboxylic acids is 1. The molecule has 298 valence electrons. The fourth-order valence-electron chi connectivity index (χ4n) is 9.88. The van der Waals surface area contributed by atoms with Crippen LogP contribution in [0.3, 0.4) is 0 Å². The molecule has 2 spiro atoms. The molecule has 53 heavy (non-hydrogen) atoms. The standard InChI is InChI=1S/C43H66O10/c1-11-32(37(47)29(8)35(45)24(3)14-16-31-17-15-25(4)36(46)34(31)39(48)49)38-26(5)22-27(6)42(51-38)19-13-20-43(53-42)28(7)23-41(12-2,52-43)33-18-21-40(10,50-33)30(9)44/h13,15,17,19,24,26-30,32-33,35,38,44-46H,11-12,14,16,18,20-23H2,1-10H3,(H,48,49)/t24-,26+,27-,28-,29+,30-,32+,33-,35+,38+,40+,41+,42+,43-/m1/s1. The van der Waals surface area contributed by atoms with Gasteiger partial charge in [0.05, 0.1) is 35.6 Å². The Hall–Kier alpha value is -2.34. The molecule has 4 N–H and O–H groups in total. The zero-order valence-electron chi connectivity index (χ0n) is 33.7. The van der Waals surface area contributed by atoms with Gasteiger partial charge in [0.25, 0.3) is 0 Å². The molecule has 1 aromatic carbocycles. The van der Waals surface area contributed by atoms with Crippen molar-refractivity contribution in [3.8, 4) is 5.75 Å². The summed E-state index contributed by atoms with van der Waals surface area (Å²) in [6.45, 7) is 19.6. The number of hydrogen-bond donors (Lipinski definition) is 4. The molecule has 4 heterocycles. The van der Waals surface area contributed by atoms with Crippen molar-refractivity contribution in [3.05, 3.63) is 41.0 Å². The van der Waals surface area contributed by atoms with Gasteiger partial charge in [-0.25, -0.2) is 4.79 Å². The Bertz CT molecular complexity index is 1520. The minimum Gasteiger partial charge on any atom is -0.507 e. The van der Waals surface area contributed by atoms with Crippen LogP contribution in [-0.4, -0.2) is 79.4 Å². The quantitative estimate of drug-likeness (QED) is 0.150. The number of ether oxygens (including phenoxy) is 4. The van der Waals surface area contributed by atoms with E-state index in [1.165, 1.54) is 0 Å². The van der Waals surface area contributed by atoms with Crippen LogP contribution in [0.2, 0.25) is 0 Å². The van der Waals surface area contributed by atoms with E-state index in [0.29, 0.717) is 36.8 Å². The van der Waals surface area contributed by atoms with Crippen molar-refractivity contribution in [1.29, 1.82) is 0 Å². The van der Waals surface area contributed by atoms with E-state index in [-0.39, 0.29) is 46.9 Å². The summed E-state index contributed by atoms with van der Waals surface area (Å²) in [6, 6.07) is 3.40. The van der Waals surface area contributed by atoms with E-state index in [4.69, 9.17) is 18.9 Å². The lowest BCUT2D eigenvalue weighted by Gasteiger charge is -2.54. The van der Waals surface area contributed by atoms with E-state index in [0.717, 1.165) is 32.1 Å². The minimum absolute atomic E-state index is 0.0107. The van der Waals surface area contributed by atoms with Crippen molar-refractivity contribution in [2.45, 2.75) is 174 Å². The SMILES string of the molecule is CC[C@@H](C(=O)[C@@H](C)[C@@H](O)[C@H](C)CCc1ccc(C)c(O)c1C(=O)O)[C@H]1O[C@]2(C=CC[C@@]3(O[C@](CC)([C@H]4CC[C@@](C)([C@@H](C)O)O4)C[C@H]3C)O2)[C@H](C)C[C@@H]1C. The topological polar surface area (TPSA) is 152 Å². The van der Waals surface area contributed by atoms with Gasteiger partial charge in [-0.1, -0.05) is 66.7 Å². The van der Waals surface area contributed by atoms with Crippen LogP contribution >= 0.6 is 0 Å². The number of aromatic hydroxyl groups is 1. The van der Waals surface area contributed by atoms with Crippen molar-refractivity contribution < 1.29 is 49.0 Å². The van der Waals surface area contributed by atoms with E-state index >= 15 is 0 Å². The van der Waals surface area contributed by atoms with Crippen molar-refractivity contribution >= 4 is 11.8 Å². The summed E-state index contributed by atoms with van der Waals surface area (Å²) < 4.78 is 27.9. The van der Waals surface area contributed by atoms with Crippen LogP contribution in [-0.2, 0) is 30.2 Å². The van der Waals surface area contributed by atoms with Gasteiger partial charge in [0.15, 0.2) is 11.6 Å². The first-order valence-corrected chi connectivity index (χ1v) is 20.2. The lowest BCUT2D eigenvalue weighted by atomic mass is 9.73. The van der Waals surface area contributed by atoms with Gasteiger partial charge in [-0.2, -0.15) is 0 Å². The second-order valence-corrected chi connectivity index (χ2v) is 17.5. The van der Waals surface area contributed by atoms with Crippen molar-refractivity contribution in [1.82, 2.24) is 0 Å². The molecular formula is C43H66O10. The number of carbonyl (C=O) groups is 2. The van der Waals surface area contributed by atoms with Crippen LogP contribution in [0.1, 0.15) is 135 Å². The molecule has 10 nitrogen and oxygen atoms in total. The number of aliphatic hydroxyl groups excluding tert-OH is 2. The lowest BCUT2D eigenvalue weighted by Crippen LogP contribution is -2.60. The van der Waals surface area contributed by atoms with Gasteiger partial charge in [-0.3, -0.25) is 4.79 Å². The Labute approximate surface area is 316 Å². The maximum Gasteiger partial charge on any atom is 0.339 e. The molecule has 0 bridgehead atoms. The lowest BCUT2D eigenvalue weighted by molar-refractivity contribution is -0.400. The average Bonchev–Trinajstić information content (AvgIpc) is 3.65. The molecule has 4 aliphatic heterocycles. The van der Waals surface area contributed by atoms with Crippen molar-refractivity contribution in [2.75, 3.05) is 0 Å². The predicted molar refractivity (Wildman–Crippen MR) is 201 cm³/mol. The van der Waals surface area contributed by atoms with E-state index < -0.39 is 58.9 Å². The highest BCUT2D eigenvalue weighted by atomic mass is 16.8. The Kier molecular flexibility index (Phi) is 12.4.